The van der Waals surface area contributed by atoms with Crippen molar-refractivity contribution in [2.75, 3.05) is 0 Å². The zero-order valence-electron chi connectivity index (χ0n) is 10.7. The Hall–Kier alpha value is -0.761. The number of rotatable bonds is 1. The molecule has 0 amide bonds. The second-order valence-corrected chi connectivity index (χ2v) is 20.3. The van der Waals surface area contributed by atoms with Crippen LogP contribution in [0.4, 0.5) is 0 Å². The van der Waals surface area contributed by atoms with E-state index in [-0.39, 0.29) is 0 Å². The Morgan fingerprint density at radius 1 is 0.824 bits per heavy atom. The summed E-state index contributed by atoms with van der Waals surface area (Å²) in [6.45, 7) is 0. The fourth-order valence-corrected chi connectivity index (χ4v) is 7.78. The van der Waals surface area contributed by atoms with E-state index >= 15 is 0 Å². The van der Waals surface area contributed by atoms with Crippen LogP contribution in [0.1, 0.15) is 11.1 Å². The fourth-order valence-electron chi connectivity index (χ4n) is 2.86. The molecular weight excluding hydrogens is 311 g/mol. The third-order valence-electron chi connectivity index (χ3n) is 3.66. The van der Waals surface area contributed by atoms with E-state index in [1.165, 1.54) is 16.7 Å². The summed E-state index contributed by atoms with van der Waals surface area (Å²) >= 11 is -1.98. The summed E-state index contributed by atoms with van der Waals surface area (Å²) in [7, 11) is 0. The Labute approximate surface area is 108 Å². The van der Waals surface area contributed by atoms with Gasteiger partial charge in [-0.1, -0.05) is 0 Å². The molecule has 0 radical (unpaired) electrons. The fraction of sp³-hybridized carbons (Fsp3) is 0.250. The first-order valence-corrected chi connectivity index (χ1v) is 16.3. The molecule has 1 aliphatic rings. The Morgan fingerprint density at radius 2 is 1.53 bits per heavy atom. The molecule has 0 saturated heterocycles. The van der Waals surface area contributed by atoms with Crippen LogP contribution in [-0.4, -0.2) is 18.4 Å². The molecule has 1 aliphatic carbocycles. The second-order valence-electron chi connectivity index (χ2n) is 5.92. The van der Waals surface area contributed by atoms with Gasteiger partial charge in [-0.25, -0.2) is 0 Å². The van der Waals surface area contributed by atoms with E-state index in [1.807, 2.05) is 0 Å². The van der Waals surface area contributed by atoms with Gasteiger partial charge in [-0.2, -0.15) is 0 Å². The second kappa shape index (κ2) is 3.87. The SMILES string of the molecule is [CH3][Sn]([CH3])([CH3])[c]1cccc2c1Cc1ccccc1-2. The van der Waals surface area contributed by atoms with Crippen LogP contribution in [-0.2, 0) is 6.42 Å². The van der Waals surface area contributed by atoms with Crippen molar-refractivity contribution in [3.8, 4) is 11.1 Å². The summed E-state index contributed by atoms with van der Waals surface area (Å²) in [5.74, 6) is 0. The Kier molecular flexibility index (Phi) is 2.58. The summed E-state index contributed by atoms with van der Waals surface area (Å²) in [5.41, 5.74) is 6.08. The minimum absolute atomic E-state index is 1.15. The molecule has 0 unspecified atom stereocenters. The van der Waals surface area contributed by atoms with Crippen LogP contribution < -0.4 is 3.58 Å². The molecule has 0 aromatic heterocycles. The average Bonchev–Trinajstić information content (AvgIpc) is 2.65. The summed E-state index contributed by atoms with van der Waals surface area (Å²) in [5, 5.41) is 0. The Morgan fingerprint density at radius 3 is 2.29 bits per heavy atom. The monoisotopic (exact) mass is 330 g/mol. The van der Waals surface area contributed by atoms with Crippen molar-refractivity contribution in [2.45, 2.75) is 21.2 Å². The van der Waals surface area contributed by atoms with Gasteiger partial charge in [0.1, 0.15) is 0 Å². The third-order valence-corrected chi connectivity index (χ3v) is 9.61. The molecule has 0 heterocycles. The van der Waals surface area contributed by atoms with E-state index in [9.17, 15) is 0 Å². The predicted molar refractivity (Wildman–Crippen MR) is 77.7 cm³/mol. The molecule has 0 saturated carbocycles. The quantitative estimate of drug-likeness (QED) is 0.596. The van der Waals surface area contributed by atoms with Crippen LogP contribution in [0.5, 0.6) is 0 Å². The number of hydrogen-bond donors (Lipinski definition) is 0. The van der Waals surface area contributed by atoms with Gasteiger partial charge < -0.3 is 0 Å². The standard InChI is InChI=1S/C13H9.3CH3.Sn/c1-3-7-12-10(5-1)9-11-6-2-4-8-13(11)12;;;;/h1-5,7-8H,9H2;3*1H3;. The first-order chi connectivity index (χ1) is 8.07. The molecule has 0 atom stereocenters. The van der Waals surface area contributed by atoms with E-state index in [0.717, 1.165) is 6.42 Å². The van der Waals surface area contributed by atoms with Crippen molar-refractivity contribution in [2.24, 2.45) is 0 Å². The third kappa shape index (κ3) is 1.83. The molecule has 0 nitrogen and oxygen atoms in total. The minimum atomic E-state index is -1.98. The topological polar surface area (TPSA) is 0 Å². The van der Waals surface area contributed by atoms with Crippen LogP contribution in [0.2, 0.25) is 14.8 Å². The predicted octanol–water partition coefficient (Wildman–Crippen LogP) is 3.80. The van der Waals surface area contributed by atoms with E-state index in [4.69, 9.17) is 0 Å². The average molecular weight is 329 g/mol. The number of hydrogen-bond acceptors (Lipinski definition) is 0. The van der Waals surface area contributed by atoms with Gasteiger partial charge in [-0.05, 0) is 0 Å². The molecular formula is C16H18Sn. The van der Waals surface area contributed by atoms with E-state index in [2.05, 4.69) is 57.3 Å². The molecule has 1 heteroatoms. The van der Waals surface area contributed by atoms with Gasteiger partial charge in [0.05, 0.1) is 0 Å². The van der Waals surface area contributed by atoms with Crippen LogP contribution in [0.15, 0.2) is 42.5 Å². The molecule has 2 aromatic rings. The van der Waals surface area contributed by atoms with Crippen LogP contribution in [0.3, 0.4) is 0 Å². The molecule has 86 valence electrons. The van der Waals surface area contributed by atoms with Gasteiger partial charge in [0.2, 0.25) is 0 Å². The summed E-state index contributed by atoms with van der Waals surface area (Å²) in [6, 6.07) is 15.8. The zero-order valence-corrected chi connectivity index (χ0v) is 13.6. The van der Waals surface area contributed by atoms with Crippen molar-refractivity contribution < 1.29 is 0 Å². The molecule has 0 fully saturated rings. The molecule has 0 N–H and O–H groups in total. The van der Waals surface area contributed by atoms with Crippen LogP contribution in [0.25, 0.3) is 11.1 Å². The van der Waals surface area contributed by atoms with Gasteiger partial charge in [0.15, 0.2) is 0 Å². The first-order valence-electron chi connectivity index (χ1n) is 6.28. The van der Waals surface area contributed by atoms with E-state index in [0.29, 0.717) is 0 Å². The van der Waals surface area contributed by atoms with Crippen LogP contribution in [0, 0.1) is 0 Å². The molecule has 17 heavy (non-hydrogen) atoms. The van der Waals surface area contributed by atoms with Gasteiger partial charge >= 0.3 is 108 Å². The summed E-state index contributed by atoms with van der Waals surface area (Å²) in [4.78, 5) is 7.52. The molecule has 0 bridgehead atoms. The summed E-state index contributed by atoms with van der Waals surface area (Å²) in [6.07, 6.45) is 1.15. The molecule has 3 rings (SSSR count). The zero-order chi connectivity index (χ0) is 12.0. The van der Waals surface area contributed by atoms with Crippen molar-refractivity contribution >= 4 is 22.0 Å². The Bertz CT molecular complexity index is 576. The molecule has 2 aromatic carbocycles. The first kappa shape index (κ1) is 11.3. The molecule has 0 spiro atoms. The maximum atomic E-state index is 2.51. The normalized spacial score (nSPS) is 13.4. The number of fused-ring (bicyclic) bond motifs is 3. The van der Waals surface area contributed by atoms with Gasteiger partial charge in [0, 0.05) is 0 Å². The van der Waals surface area contributed by atoms with Crippen molar-refractivity contribution in [1.29, 1.82) is 0 Å². The van der Waals surface area contributed by atoms with Gasteiger partial charge in [-0.3, -0.25) is 0 Å². The van der Waals surface area contributed by atoms with Crippen molar-refractivity contribution in [1.82, 2.24) is 0 Å². The van der Waals surface area contributed by atoms with Crippen LogP contribution >= 0.6 is 0 Å². The van der Waals surface area contributed by atoms with Gasteiger partial charge in [-0.15, -0.1) is 0 Å². The van der Waals surface area contributed by atoms with Gasteiger partial charge in [0.25, 0.3) is 0 Å². The van der Waals surface area contributed by atoms with E-state index < -0.39 is 18.4 Å². The van der Waals surface area contributed by atoms with Crippen molar-refractivity contribution in [3.05, 3.63) is 53.6 Å². The number of benzene rings is 2. The summed E-state index contributed by atoms with van der Waals surface area (Å²) < 4.78 is 1.70. The molecule has 0 aliphatic heterocycles. The van der Waals surface area contributed by atoms with Crippen molar-refractivity contribution in [3.63, 3.8) is 0 Å². The Balaban J connectivity index is 2.24. The maximum absolute atomic E-state index is 2.51. The van der Waals surface area contributed by atoms with E-state index in [1.54, 1.807) is 9.14 Å².